The molecule has 3 nitrogen and oxygen atoms in total. The van der Waals surface area contributed by atoms with Crippen LogP contribution in [0.15, 0.2) is 47.4 Å². The normalized spacial score (nSPS) is 14.9. The number of sulfonamides is 1. The third-order valence-electron chi connectivity index (χ3n) is 4.22. The predicted octanol–water partition coefficient (Wildman–Crippen LogP) is 3.87. The van der Waals surface area contributed by atoms with Crippen LogP contribution >= 0.6 is 11.6 Å². The van der Waals surface area contributed by atoms with Gasteiger partial charge in [-0.2, -0.15) is 4.31 Å². The van der Waals surface area contributed by atoms with Gasteiger partial charge in [0.1, 0.15) is 0 Å². The fourth-order valence-corrected chi connectivity index (χ4v) is 4.40. The summed E-state index contributed by atoms with van der Waals surface area (Å²) in [5, 5.41) is 0. The molecule has 0 fully saturated rings. The topological polar surface area (TPSA) is 37.4 Å². The first kappa shape index (κ1) is 16.5. The van der Waals surface area contributed by atoms with E-state index < -0.39 is 10.0 Å². The van der Waals surface area contributed by atoms with Gasteiger partial charge in [0, 0.05) is 19.0 Å². The molecule has 5 heteroatoms. The molecule has 0 N–H and O–H groups in total. The highest BCUT2D eigenvalue weighted by atomic mass is 35.5. The van der Waals surface area contributed by atoms with E-state index in [9.17, 15) is 8.42 Å². The number of hydrogen-bond donors (Lipinski definition) is 0. The van der Waals surface area contributed by atoms with E-state index in [2.05, 4.69) is 12.1 Å². The maximum Gasteiger partial charge on any atom is 0.243 e. The van der Waals surface area contributed by atoms with Crippen LogP contribution in [0.2, 0.25) is 0 Å². The van der Waals surface area contributed by atoms with Crippen LogP contribution in [0.25, 0.3) is 0 Å². The molecule has 1 aliphatic rings. The Morgan fingerprint density at radius 1 is 1.04 bits per heavy atom. The first-order chi connectivity index (χ1) is 11.0. The Morgan fingerprint density at radius 2 is 1.74 bits per heavy atom. The predicted molar refractivity (Wildman–Crippen MR) is 93.1 cm³/mol. The van der Waals surface area contributed by atoms with Gasteiger partial charge < -0.3 is 0 Å². The molecule has 0 saturated carbocycles. The molecule has 0 amide bonds. The van der Waals surface area contributed by atoms with Crippen LogP contribution < -0.4 is 0 Å². The van der Waals surface area contributed by atoms with Crippen molar-refractivity contribution in [1.29, 1.82) is 0 Å². The van der Waals surface area contributed by atoms with Crippen molar-refractivity contribution >= 4 is 21.6 Å². The Hall–Kier alpha value is -1.36. The summed E-state index contributed by atoms with van der Waals surface area (Å²) in [5.74, 6) is 0.644. The number of nitrogens with zero attached hydrogens (tertiary/aromatic N) is 1. The number of aryl methyl sites for hydroxylation is 2. The molecule has 0 bridgehead atoms. The number of rotatable bonds is 5. The lowest BCUT2D eigenvalue weighted by Gasteiger charge is -2.15. The fourth-order valence-electron chi connectivity index (χ4n) is 2.87. The van der Waals surface area contributed by atoms with Gasteiger partial charge in [-0.1, -0.05) is 35.9 Å². The molecule has 0 unspecified atom stereocenters. The molecule has 122 valence electrons. The average Bonchev–Trinajstić information content (AvgIpc) is 2.97. The molecule has 3 rings (SSSR count). The highest BCUT2D eigenvalue weighted by molar-refractivity contribution is 7.89. The molecular formula is C18H20ClNO2S. The van der Waals surface area contributed by atoms with Crippen LogP contribution in [0, 0.1) is 6.92 Å². The molecule has 0 radical (unpaired) electrons. The van der Waals surface area contributed by atoms with Crippen LogP contribution in [0.5, 0.6) is 0 Å². The number of benzene rings is 2. The van der Waals surface area contributed by atoms with E-state index in [-0.39, 0.29) is 0 Å². The molecule has 23 heavy (non-hydrogen) atoms. The Bertz CT molecular complexity index is 800. The van der Waals surface area contributed by atoms with Crippen molar-refractivity contribution in [2.24, 2.45) is 0 Å². The summed E-state index contributed by atoms with van der Waals surface area (Å²) in [6.45, 7) is 2.84. The summed E-state index contributed by atoms with van der Waals surface area (Å²) in [7, 11) is -3.44. The van der Waals surface area contributed by atoms with E-state index >= 15 is 0 Å². The summed E-state index contributed by atoms with van der Waals surface area (Å²) >= 11 is 5.74. The molecule has 0 aliphatic carbocycles. The van der Waals surface area contributed by atoms with Crippen molar-refractivity contribution in [3.8, 4) is 0 Å². The highest BCUT2D eigenvalue weighted by Gasteiger charge is 2.30. The summed E-state index contributed by atoms with van der Waals surface area (Å²) in [5.41, 5.74) is 4.47. The second kappa shape index (κ2) is 6.63. The Labute approximate surface area is 142 Å². The third-order valence-corrected chi connectivity index (χ3v) is 6.30. The number of alkyl halides is 1. The fraction of sp³-hybridized carbons (Fsp3) is 0.333. The summed E-state index contributed by atoms with van der Waals surface area (Å²) in [4.78, 5) is 0.360. The maximum absolute atomic E-state index is 12.8. The Kier molecular flexibility index (Phi) is 4.76. The number of fused-ring (bicyclic) bond motifs is 1. The molecular weight excluding hydrogens is 330 g/mol. The van der Waals surface area contributed by atoms with E-state index in [1.54, 1.807) is 16.4 Å². The molecule has 2 aromatic carbocycles. The Morgan fingerprint density at radius 3 is 2.43 bits per heavy atom. The van der Waals surface area contributed by atoms with Crippen molar-refractivity contribution in [3.05, 3.63) is 64.7 Å². The lowest BCUT2D eigenvalue weighted by molar-refractivity contribution is 0.431. The van der Waals surface area contributed by atoms with Gasteiger partial charge in [-0.05, 0) is 48.6 Å². The number of halogens is 1. The zero-order chi connectivity index (χ0) is 16.4. The lowest BCUT2D eigenvalue weighted by atomic mass is 10.0. The molecule has 0 saturated heterocycles. The third kappa shape index (κ3) is 3.44. The quantitative estimate of drug-likeness (QED) is 0.768. The van der Waals surface area contributed by atoms with E-state index in [0.717, 1.165) is 29.5 Å². The van der Waals surface area contributed by atoms with E-state index in [1.807, 2.05) is 25.1 Å². The van der Waals surface area contributed by atoms with Gasteiger partial charge in [-0.25, -0.2) is 8.42 Å². The first-order valence-corrected chi connectivity index (χ1v) is 9.71. The van der Waals surface area contributed by atoms with Gasteiger partial charge in [-0.3, -0.25) is 0 Å². The van der Waals surface area contributed by atoms with Gasteiger partial charge >= 0.3 is 0 Å². The van der Waals surface area contributed by atoms with Crippen molar-refractivity contribution < 1.29 is 8.42 Å². The van der Waals surface area contributed by atoms with Gasteiger partial charge in [0.2, 0.25) is 10.0 Å². The van der Waals surface area contributed by atoms with Crippen LogP contribution in [-0.2, 0) is 29.5 Å². The minimum atomic E-state index is -3.44. The number of hydrogen-bond acceptors (Lipinski definition) is 2. The summed E-state index contributed by atoms with van der Waals surface area (Å²) in [6, 6.07) is 13.3. The zero-order valence-corrected chi connectivity index (χ0v) is 14.7. The second-order valence-corrected chi connectivity index (χ2v) is 8.30. The van der Waals surface area contributed by atoms with Gasteiger partial charge in [0.15, 0.2) is 0 Å². The van der Waals surface area contributed by atoms with E-state index in [0.29, 0.717) is 23.9 Å². The largest absolute Gasteiger partial charge is 0.243 e. The standard InChI is InChI=1S/C18H20ClNO2S/c1-14-4-8-18(9-5-14)23(21,22)20-12-16-7-6-15(3-2-10-19)11-17(16)13-20/h4-9,11H,2-3,10,12-13H2,1H3. The van der Waals surface area contributed by atoms with Gasteiger partial charge in [0.05, 0.1) is 4.90 Å². The van der Waals surface area contributed by atoms with Gasteiger partial charge in [-0.15, -0.1) is 11.6 Å². The lowest BCUT2D eigenvalue weighted by Crippen LogP contribution is -2.25. The summed E-state index contributed by atoms with van der Waals surface area (Å²) in [6.07, 6.45) is 1.87. The summed E-state index contributed by atoms with van der Waals surface area (Å²) < 4.78 is 27.1. The maximum atomic E-state index is 12.8. The monoisotopic (exact) mass is 349 g/mol. The van der Waals surface area contributed by atoms with Crippen LogP contribution in [0.3, 0.4) is 0 Å². The van der Waals surface area contributed by atoms with Crippen molar-refractivity contribution in [2.45, 2.75) is 37.8 Å². The first-order valence-electron chi connectivity index (χ1n) is 7.74. The molecule has 0 spiro atoms. The molecule has 2 aromatic rings. The van der Waals surface area contributed by atoms with Crippen molar-refractivity contribution in [3.63, 3.8) is 0 Å². The van der Waals surface area contributed by atoms with Crippen LogP contribution in [0.1, 0.15) is 28.7 Å². The molecule has 1 aliphatic heterocycles. The zero-order valence-electron chi connectivity index (χ0n) is 13.1. The van der Waals surface area contributed by atoms with Crippen LogP contribution in [0.4, 0.5) is 0 Å². The molecule has 0 atom stereocenters. The van der Waals surface area contributed by atoms with E-state index in [4.69, 9.17) is 11.6 Å². The average molecular weight is 350 g/mol. The molecule has 0 aromatic heterocycles. The highest BCUT2D eigenvalue weighted by Crippen LogP contribution is 2.29. The Balaban J connectivity index is 1.82. The van der Waals surface area contributed by atoms with Crippen molar-refractivity contribution in [1.82, 2.24) is 4.31 Å². The van der Waals surface area contributed by atoms with E-state index in [1.165, 1.54) is 5.56 Å². The second-order valence-electron chi connectivity index (χ2n) is 5.98. The van der Waals surface area contributed by atoms with Crippen molar-refractivity contribution in [2.75, 3.05) is 5.88 Å². The SMILES string of the molecule is Cc1ccc(S(=O)(=O)N2Cc3ccc(CCCCl)cc3C2)cc1. The smallest absolute Gasteiger partial charge is 0.207 e. The van der Waals surface area contributed by atoms with Crippen LogP contribution in [-0.4, -0.2) is 18.6 Å². The minimum absolute atomic E-state index is 0.360. The van der Waals surface area contributed by atoms with Gasteiger partial charge in [0.25, 0.3) is 0 Å². The molecule has 1 heterocycles. The minimum Gasteiger partial charge on any atom is -0.207 e.